The van der Waals surface area contributed by atoms with Crippen molar-refractivity contribution in [3.63, 3.8) is 0 Å². The van der Waals surface area contributed by atoms with Crippen LogP contribution in [0.25, 0.3) is 22.4 Å². The van der Waals surface area contributed by atoms with Crippen molar-refractivity contribution in [2.75, 3.05) is 19.8 Å². The van der Waals surface area contributed by atoms with Gasteiger partial charge in [-0.25, -0.2) is 4.98 Å². The summed E-state index contributed by atoms with van der Waals surface area (Å²) in [6.07, 6.45) is 0. The minimum Gasteiger partial charge on any atom is -0.486 e. The number of aryl methyl sites for hydroxylation is 3. The van der Waals surface area contributed by atoms with Crippen molar-refractivity contribution in [1.82, 2.24) is 15.0 Å². The van der Waals surface area contributed by atoms with E-state index in [0.29, 0.717) is 65.9 Å². The van der Waals surface area contributed by atoms with E-state index in [9.17, 15) is 4.79 Å². The number of benzene rings is 1. The molecule has 33 heavy (non-hydrogen) atoms. The molecule has 0 unspecified atom stereocenters. The lowest BCUT2D eigenvalue weighted by Crippen LogP contribution is -2.31. The zero-order valence-electron chi connectivity index (χ0n) is 19.1. The number of hydrogen-bond acceptors (Lipinski definition) is 7. The fourth-order valence-electron chi connectivity index (χ4n) is 4.25. The maximum Gasteiger partial charge on any atom is 0.259 e. The van der Waals surface area contributed by atoms with E-state index in [0.717, 1.165) is 22.6 Å². The summed E-state index contributed by atoms with van der Waals surface area (Å²) >= 11 is 0. The molecule has 0 radical (unpaired) electrons. The van der Waals surface area contributed by atoms with Gasteiger partial charge >= 0.3 is 0 Å². The number of ether oxygens (including phenoxy) is 2. The summed E-state index contributed by atoms with van der Waals surface area (Å²) in [6, 6.07) is 9.46. The zero-order chi connectivity index (χ0) is 23.1. The molecule has 0 bridgehead atoms. The predicted octanol–water partition coefficient (Wildman–Crippen LogP) is 4.84. The SMILES string of the molecule is CCN(Cc1cccc2c1OCCO2)C(=O)c1cc(-c2cc(C)oc2C)nc2onc(C)c12. The van der Waals surface area contributed by atoms with E-state index in [1.807, 2.05) is 52.0 Å². The molecule has 0 N–H and O–H groups in total. The highest BCUT2D eigenvalue weighted by Gasteiger charge is 2.25. The van der Waals surface area contributed by atoms with Crippen molar-refractivity contribution >= 4 is 17.0 Å². The van der Waals surface area contributed by atoms with E-state index in [1.165, 1.54) is 0 Å². The second-order valence-electron chi connectivity index (χ2n) is 8.09. The molecule has 1 amide bonds. The number of hydrogen-bond donors (Lipinski definition) is 0. The van der Waals surface area contributed by atoms with Gasteiger partial charge in [0.25, 0.3) is 11.6 Å². The van der Waals surface area contributed by atoms with Crippen molar-refractivity contribution in [2.24, 2.45) is 0 Å². The van der Waals surface area contributed by atoms with Gasteiger partial charge in [0.05, 0.1) is 22.3 Å². The molecule has 0 fully saturated rings. The molecule has 0 aliphatic carbocycles. The van der Waals surface area contributed by atoms with E-state index < -0.39 is 0 Å². The molecule has 0 atom stereocenters. The fraction of sp³-hybridized carbons (Fsp3) is 0.320. The summed E-state index contributed by atoms with van der Waals surface area (Å²) in [5, 5.41) is 4.68. The van der Waals surface area contributed by atoms with Crippen LogP contribution in [0.15, 0.2) is 39.3 Å². The first-order valence-electron chi connectivity index (χ1n) is 11.0. The van der Waals surface area contributed by atoms with Gasteiger partial charge in [-0.05, 0) is 45.9 Å². The molecule has 0 saturated heterocycles. The predicted molar refractivity (Wildman–Crippen MR) is 122 cm³/mol. The smallest absolute Gasteiger partial charge is 0.259 e. The van der Waals surface area contributed by atoms with Gasteiger partial charge in [0, 0.05) is 24.2 Å². The third kappa shape index (κ3) is 3.71. The molecule has 0 saturated carbocycles. The second-order valence-corrected chi connectivity index (χ2v) is 8.09. The third-order valence-corrected chi connectivity index (χ3v) is 5.84. The quantitative estimate of drug-likeness (QED) is 0.432. The molecule has 8 heteroatoms. The molecular formula is C25H25N3O5. The largest absolute Gasteiger partial charge is 0.486 e. The van der Waals surface area contributed by atoms with Gasteiger partial charge in [-0.2, -0.15) is 0 Å². The van der Waals surface area contributed by atoms with Gasteiger partial charge in [-0.15, -0.1) is 0 Å². The minimum absolute atomic E-state index is 0.135. The standard InChI is InChI=1S/C25H25N3O5/c1-5-28(13-17-7-6-8-21-23(17)31-10-9-30-21)25(29)19-12-20(18-11-14(2)32-16(18)4)26-24-22(19)15(3)27-33-24/h6-8,11-12H,5,9-10,13H2,1-4H3. The van der Waals surface area contributed by atoms with E-state index >= 15 is 0 Å². The number of amides is 1. The van der Waals surface area contributed by atoms with Gasteiger partial charge in [0.1, 0.15) is 24.7 Å². The Morgan fingerprint density at radius 3 is 2.70 bits per heavy atom. The Morgan fingerprint density at radius 1 is 1.12 bits per heavy atom. The van der Waals surface area contributed by atoms with Crippen LogP contribution >= 0.6 is 0 Å². The van der Waals surface area contributed by atoms with Gasteiger partial charge < -0.3 is 23.3 Å². The number of furan rings is 1. The molecule has 1 aliphatic rings. The van der Waals surface area contributed by atoms with E-state index in [2.05, 4.69) is 10.1 Å². The maximum atomic E-state index is 13.8. The van der Waals surface area contributed by atoms with Crippen LogP contribution in [0.1, 0.15) is 40.1 Å². The first-order chi connectivity index (χ1) is 16.0. The highest BCUT2D eigenvalue weighted by molar-refractivity contribution is 6.07. The van der Waals surface area contributed by atoms with Crippen LogP contribution in [0, 0.1) is 20.8 Å². The highest BCUT2D eigenvalue weighted by Crippen LogP contribution is 2.35. The molecule has 4 heterocycles. The first kappa shape index (κ1) is 21.1. The lowest BCUT2D eigenvalue weighted by molar-refractivity contribution is 0.0751. The molecule has 4 aromatic rings. The Bertz CT molecular complexity index is 1350. The summed E-state index contributed by atoms with van der Waals surface area (Å²) in [4.78, 5) is 20.2. The van der Waals surface area contributed by atoms with Crippen LogP contribution in [-0.2, 0) is 6.54 Å². The van der Waals surface area contributed by atoms with Gasteiger partial charge in [-0.1, -0.05) is 17.3 Å². The van der Waals surface area contributed by atoms with Gasteiger partial charge in [0.15, 0.2) is 11.5 Å². The number of para-hydroxylation sites is 1. The Balaban J connectivity index is 1.57. The van der Waals surface area contributed by atoms with Gasteiger partial charge in [-0.3, -0.25) is 4.79 Å². The van der Waals surface area contributed by atoms with Crippen molar-refractivity contribution in [2.45, 2.75) is 34.2 Å². The topological polar surface area (TPSA) is 90.8 Å². The zero-order valence-corrected chi connectivity index (χ0v) is 19.1. The molecule has 3 aromatic heterocycles. The van der Waals surface area contributed by atoms with Crippen molar-refractivity contribution in [1.29, 1.82) is 0 Å². The van der Waals surface area contributed by atoms with Crippen molar-refractivity contribution in [3.05, 3.63) is 58.7 Å². The lowest BCUT2D eigenvalue weighted by atomic mass is 10.0. The first-order valence-corrected chi connectivity index (χ1v) is 11.0. The van der Waals surface area contributed by atoms with Crippen LogP contribution in [-0.4, -0.2) is 40.7 Å². The van der Waals surface area contributed by atoms with Crippen molar-refractivity contribution in [3.8, 4) is 22.8 Å². The minimum atomic E-state index is -0.135. The number of aromatic nitrogens is 2. The molecule has 0 spiro atoms. The van der Waals surface area contributed by atoms with Gasteiger partial charge in [0.2, 0.25) is 0 Å². The second kappa shape index (κ2) is 8.27. The summed E-state index contributed by atoms with van der Waals surface area (Å²) in [6.45, 7) is 9.42. The van der Waals surface area contributed by atoms with Crippen molar-refractivity contribution < 1.29 is 23.2 Å². The van der Waals surface area contributed by atoms with E-state index in [-0.39, 0.29) is 5.91 Å². The van der Waals surface area contributed by atoms with Crippen LogP contribution < -0.4 is 9.47 Å². The molecular weight excluding hydrogens is 422 g/mol. The fourth-order valence-corrected chi connectivity index (χ4v) is 4.25. The number of pyridine rings is 1. The molecule has 5 rings (SSSR count). The molecule has 170 valence electrons. The normalized spacial score (nSPS) is 12.8. The number of nitrogens with zero attached hydrogens (tertiary/aromatic N) is 3. The third-order valence-electron chi connectivity index (χ3n) is 5.84. The maximum absolute atomic E-state index is 13.8. The molecule has 8 nitrogen and oxygen atoms in total. The summed E-state index contributed by atoms with van der Waals surface area (Å²) in [5.41, 5.74) is 3.78. The number of fused-ring (bicyclic) bond motifs is 2. The number of rotatable bonds is 5. The average molecular weight is 447 g/mol. The van der Waals surface area contributed by atoms with Crippen LogP contribution in [0.2, 0.25) is 0 Å². The molecule has 1 aliphatic heterocycles. The number of carbonyl (C=O) groups excluding carboxylic acids is 1. The van der Waals surface area contributed by atoms with Crippen LogP contribution in [0.3, 0.4) is 0 Å². The number of carbonyl (C=O) groups is 1. The van der Waals surface area contributed by atoms with Crippen LogP contribution in [0.4, 0.5) is 0 Å². The highest BCUT2D eigenvalue weighted by atomic mass is 16.6. The summed E-state index contributed by atoms with van der Waals surface area (Å²) in [5.74, 6) is 2.77. The van der Waals surface area contributed by atoms with E-state index in [4.69, 9.17) is 18.4 Å². The van der Waals surface area contributed by atoms with E-state index in [1.54, 1.807) is 11.0 Å². The Kier molecular flexibility index (Phi) is 5.28. The Morgan fingerprint density at radius 2 is 1.94 bits per heavy atom. The Hall–Kier alpha value is -3.81. The monoisotopic (exact) mass is 447 g/mol. The summed E-state index contributed by atoms with van der Waals surface area (Å²) in [7, 11) is 0. The lowest BCUT2D eigenvalue weighted by Gasteiger charge is -2.25. The average Bonchev–Trinajstić information content (AvgIpc) is 3.37. The summed E-state index contributed by atoms with van der Waals surface area (Å²) < 4.78 is 22.7. The van der Waals surface area contributed by atoms with Crippen LogP contribution in [0.5, 0.6) is 11.5 Å². The molecule has 1 aromatic carbocycles. The Labute approximate surface area is 191 Å².